The molecular formula is C25H32N2O4. The van der Waals surface area contributed by atoms with Gasteiger partial charge in [0.15, 0.2) is 6.61 Å². The molecular weight excluding hydrogens is 392 g/mol. The minimum Gasteiger partial charge on any atom is -0.451 e. The quantitative estimate of drug-likeness (QED) is 0.519. The lowest BCUT2D eigenvalue weighted by Gasteiger charge is -2.59. The molecule has 0 heterocycles. The Morgan fingerprint density at radius 1 is 1.06 bits per heavy atom. The van der Waals surface area contributed by atoms with Gasteiger partial charge in [0, 0.05) is 13.0 Å². The third kappa shape index (κ3) is 5.00. The normalized spacial score (nSPS) is 29.9. The van der Waals surface area contributed by atoms with Gasteiger partial charge >= 0.3 is 5.97 Å². The molecule has 1 atom stereocenters. The first-order chi connectivity index (χ1) is 14.8. The zero-order chi connectivity index (χ0) is 22.0. The van der Waals surface area contributed by atoms with Crippen molar-refractivity contribution in [2.75, 3.05) is 6.61 Å². The van der Waals surface area contributed by atoms with Crippen LogP contribution in [0.25, 0.3) is 6.08 Å². The first kappa shape index (κ1) is 21.6. The molecule has 4 aliphatic rings. The van der Waals surface area contributed by atoms with Crippen molar-refractivity contribution in [1.29, 1.82) is 0 Å². The van der Waals surface area contributed by atoms with Crippen molar-refractivity contribution >= 4 is 23.9 Å². The lowest BCUT2D eigenvalue weighted by Crippen LogP contribution is -2.56. The third-order valence-electron chi connectivity index (χ3n) is 7.36. The van der Waals surface area contributed by atoms with Crippen LogP contribution in [0, 0.1) is 23.2 Å². The molecule has 31 heavy (non-hydrogen) atoms. The molecule has 0 saturated heterocycles. The lowest BCUT2D eigenvalue weighted by atomic mass is 9.48. The van der Waals surface area contributed by atoms with Crippen molar-refractivity contribution < 1.29 is 19.1 Å². The number of carbonyl (C=O) groups excluding carboxylic acids is 3. The molecule has 0 aromatic heterocycles. The van der Waals surface area contributed by atoms with Gasteiger partial charge in [0.1, 0.15) is 5.70 Å². The Balaban J connectivity index is 1.33. The number of esters is 1. The van der Waals surface area contributed by atoms with E-state index in [0.717, 1.165) is 23.3 Å². The summed E-state index contributed by atoms with van der Waals surface area (Å²) in [6.45, 7) is 3.07. The molecule has 6 heteroatoms. The summed E-state index contributed by atoms with van der Waals surface area (Å²) in [6.07, 6.45) is 9.22. The first-order valence-electron chi connectivity index (χ1n) is 11.3. The summed E-state index contributed by atoms with van der Waals surface area (Å²) < 4.78 is 5.22. The Morgan fingerprint density at radius 3 is 2.19 bits per heavy atom. The summed E-state index contributed by atoms with van der Waals surface area (Å²) in [7, 11) is 0. The Kier molecular flexibility index (Phi) is 6.17. The SMILES string of the molecule is CC(=O)N/C(=C\c1ccccc1)C(=O)OCC(=O)N[C@@H](C)C12CC3CC(CC(C3)C1)C2. The monoisotopic (exact) mass is 424 g/mol. The predicted molar refractivity (Wildman–Crippen MR) is 117 cm³/mol. The summed E-state index contributed by atoms with van der Waals surface area (Å²) in [4.78, 5) is 36.6. The molecule has 0 spiro atoms. The maximum Gasteiger partial charge on any atom is 0.355 e. The third-order valence-corrected chi connectivity index (χ3v) is 7.36. The summed E-state index contributed by atoms with van der Waals surface area (Å²) in [6, 6.07) is 9.23. The van der Waals surface area contributed by atoms with Crippen LogP contribution in [0.3, 0.4) is 0 Å². The van der Waals surface area contributed by atoms with E-state index in [9.17, 15) is 14.4 Å². The average Bonchev–Trinajstić information content (AvgIpc) is 2.71. The highest BCUT2D eigenvalue weighted by molar-refractivity contribution is 5.98. The van der Waals surface area contributed by atoms with Crippen LogP contribution in [0.2, 0.25) is 0 Å². The van der Waals surface area contributed by atoms with Crippen LogP contribution < -0.4 is 10.6 Å². The van der Waals surface area contributed by atoms with Crippen LogP contribution in [0.15, 0.2) is 36.0 Å². The van der Waals surface area contributed by atoms with E-state index in [0.29, 0.717) is 0 Å². The minimum absolute atomic E-state index is 0.0145. The number of hydrogen-bond donors (Lipinski definition) is 2. The van der Waals surface area contributed by atoms with E-state index >= 15 is 0 Å². The molecule has 4 bridgehead atoms. The molecule has 4 fully saturated rings. The van der Waals surface area contributed by atoms with E-state index in [1.807, 2.05) is 30.3 Å². The van der Waals surface area contributed by atoms with E-state index in [1.54, 1.807) is 6.08 Å². The maximum absolute atomic E-state index is 12.6. The van der Waals surface area contributed by atoms with Gasteiger partial charge in [0.05, 0.1) is 0 Å². The molecule has 2 N–H and O–H groups in total. The number of ether oxygens (including phenoxy) is 1. The highest BCUT2D eigenvalue weighted by atomic mass is 16.5. The fourth-order valence-corrected chi connectivity index (χ4v) is 6.40. The fourth-order valence-electron chi connectivity index (χ4n) is 6.40. The van der Waals surface area contributed by atoms with Crippen LogP contribution in [-0.4, -0.2) is 30.4 Å². The first-order valence-corrected chi connectivity index (χ1v) is 11.3. The van der Waals surface area contributed by atoms with Crippen LogP contribution in [0.4, 0.5) is 0 Å². The van der Waals surface area contributed by atoms with E-state index in [4.69, 9.17) is 4.74 Å². The van der Waals surface area contributed by atoms with Gasteiger partial charge in [-0.3, -0.25) is 9.59 Å². The van der Waals surface area contributed by atoms with E-state index in [2.05, 4.69) is 17.6 Å². The molecule has 6 nitrogen and oxygen atoms in total. The number of nitrogens with one attached hydrogen (secondary N) is 2. The Labute approximate surface area is 183 Å². The maximum atomic E-state index is 12.6. The van der Waals surface area contributed by atoms with E-state index in [-0.39, 0.29) is 35.6 Å². The van der Waals surface area contributed by atoms with E-state index < -0.39 is 5.97 Å². The standard InChI is InChI=1S/C25H32N2O4/c1-16(25-12-19-8-20(13-25)10-21(9-19)14-25)26-23(29)15-31-24(30)22(27-17(2)28)11-18-6-4-3-5-7-18/h3-7,11,16,19-21H,8-10,12-15H2,1-2H3,(H,26,29)(H,27,28)/b22-11-/t16-,19?,20?,21?,25?/m0/s1. The zero-order valence-corrected chi connectivity index (χ0v) is 18.4. The Bertz CT molecular complexity index is 841. The zero-order valence-electron chi connectivity index (χ0n) is 18.4. The molecule has 0 radical (unpaired) electrons. The highest BCUT2D eigenvalue weighted by Gasteiger charge is 2.53. The number of amides is 2. The van der Waals surface area contributed by atoms with Gasteiger partial charge in [0.2, 0.25) is 5.91 Å². The van der Waals surface area contributed by atoms with Gasteiger partial charge in [-0.1, -0.05) is 30.3 Å². The van der Waals surface area contributed by atoms with Gasteiger partial charge in [-0.2, -0.15) is 0 Å². The van der Waals surface area contributed by atoms with Gasteiger partial charge < -0.3 is 15.4 Å². The van der Waals surface area contributed by atoms with Crippen LogP contribution >= 0.6 is 0 Å². The van der Waals surface area contributed by atoms with Crippen molar-refractivity contribution in [2.24, 2.45) is 23.2 Å². The van der Waals surface area contributed by atoms with Gasteiger partial charge in [-0.25, -0.2) is 4.79 Å². The molecule has 0 unspecified atom stereocenters. The number of benzene rings is 1. The van der Waals surface area contributed by atoms with Gasteiger partial charge in [0.25, 0.3) is 5.91 Å². The summed E-state index contributed by atoms with van der Waals surface area (Å²) in [5, 5.41) is 5.60. The van der Waals surface area contributed by atoms with Crippen molar-refractivity contribution in [1.82, 2.24) is 10.6 Å². The number of hydrogen-bond acceptors (Lipinski definition) is 4. The lowest BCUT2D eigenvalue weighted by molar-refractivity contribution is -0.146. The second kappa shape index (κ2) is 8.85. The summed E-state index contributed by atoms with van der Waals surface area (Å²) in [5.41, 5.74) is 0.965. The van der Waals surface area contributed by atoms with Crippen molar-refractivity contribution in [3.63, 3.8) is 0 Å². The van der Waals surface area contributed by atoms with Crippen LogP contribution in [-0.2, 0) is 19.1 Å². The van der Waals surface area contributed by atoms with Gasteiger partial charge in [-0.05, 0) is 80.3 Å². The Hall–Kier alpha value is -2.63. The van der Waals surface area contributed by atoms with Gasteiger partial charge in [-0.15, -0.1) is 0 Å². The molecule has 0 aliphatic heterocycles. The Morgan fingerprint density at radius 2 is 1.65 bits per heavy atom. The van der Waals surface area contributed by atoms with Crippen LogP contribution in [0.5, 0.6) is 0 Å². The van der Waals surface area contributed by atoms with Crippen molar-refractivity contribution in [2.45, 2.75) is 58.4 Å². The smallest absolute Gasteiger partial charge is 0.355 e. The predicted octanol–water partition coefficient (Wildman–Crippen LogP) is 3.43. The molecule has 1 aromatic carbocycles. The minimum atomic E-state index is -0.725. The van der Waals surface area contributed by atoms with Crippen molar-refractivity contribution in [3.05, 3.63) is 41.6 Å². The second-order valence-electron chi connectivity index (χ2n) is 9.80. The summed E-state index contributed by atoms with van der Waals surface area (Å²) >= 11 is 0. The average molecular weight is 425 g/mol. The molecule has 4 saturated carbocycles. The molecule has 5 rings (SSSR count). The topological polar surface area (TPSA) is 84.5 Å². The number of rotatable bonds is 7. The molecule has 2 amide bonds. The summed E-state index contributed by atoms with van der Waals surface area (Å²) in [5.74, 6) is 1.04. The molecule has 4 aliphatic carbocycles. The number of carbonyl (C=O) groups is 3. The highest BCUT2D eigenvalue weighted by Crippen LogP contribution is 2.61. The van der Waals surface area contributed by atoms with Crippen molar-refractivity contribution in [3.8, 4) is 0 Å². The van der Waals surface area contributed by atoms with Crippen LogP contribution in [0.1, 0.15) is 57.9 Å². The fraction of sp³-hybridized carbons (Fsp3) is 0.560. The van der Waals surface area contributed by atoms with E-state index in [1.165, 1.54) is 45.4 Å². The largest absolute Gasteiger partial charge is 0.451 e. The molecule has 166 valence electrons. The molecule has 1 aromatic rings. The second-order valence-corrected chi connectivity index (χ2v) is 9.80.